The summed E-state index contributed by atoms with van der Waals surface area (Å²) in [5, 5.41) is 17.4. The number of amides is 2. The van der Waals surface area contributed by atoms with Crippen molar-refractivity contribution in [2.24, 2.45) is 7.05 Å². The maximum Gasteiger partial charge on any atom is 0.268 e. The lowest BCUT2D eigenvalue weighted by Gasteiger charge is -2.21. The van der Waals surface area contributed by atoms with E-state index in [1.807, 2.05) is 48.7 Å². The number of nitrogens with one attached hydrogen (secondary N) is 2. The van der Waals surface area contributed by atoms with E-state index in [4.69, 9.17) is 4.74 Å². The van der Waals surface area contributed by atoms with Crippen LogP contribution < -0.4 is 10.6 Å². The fraction of sp³-hybridized carbons (Fsp3) is 0.409. The number of hydrogen-bond donors (Lipinski definition) is 2. The molecule has 32 heavy (non-hydrogen) atoms. The summed E-state index contributed by atoms with van der Waals surface area (Å²) in [5.41, 5.74) is 2.62. The molecule has 2 aromatic heterocycles. The van der Waals surface area contributed by atoms with Gasteiger partial charge in [-0.15, -0.1) is 5.10 Å². The number of hydrogen-bond acceptors (Lipinski definition) is 6. The van der Waals surface area contributed by atoms with Crippen LogP contribution in [-0.4, -0.2) is 43.2 Å². The Morgan fingerprint density at radius 1 is 1.19 bits per heavy atom. The van der Waals surface area contributed by atoms with Crippen LogP contribution in [-0.2, 0) is 24.9 Å². The number of fused-ring (bicyclic) bond motifs is 1. The van der Waals surface area contributed by atoms with Gasteiger partial charge in [0.2, 0.25) is 0 Å². The van der Waals surface area contributed by atoms with Crippen LogP contribution in [0.4, 0.5) is 0 Å². The molecule has 0 bridgehead atoms. The van der Waals surface area contributed by atoms with Gasteiger partial charge in [0.15, 0.2) is 5.82 Å². The molecule has 0 fully saturated rings. The highest BCUT2D eigenvalue weighted by Crippen LogP contribution is 2.24. The minimum absolute atomic E-state index is 0.121. The highest BCUT2D eigenvalue weighted by Gasteiger charge is 2.28. The van der Waals surface area contributed by atoms with E-state index in [0.717, 1.165) is 12.0 Å². The first kappa shape index (κ1) is 21.7. The molecule has 168 valence electrons. The Balaban J connectivity index is 1.58. The lowest BCUT2D eigenvalue weighted by atomic mass is 10.0. The van der Waals surface area contributed by atoms with E-state index in [1.54, 1.807) is 13.1 Å². The topological polar surface area (TPSA) is 116 Å². The number of carbonyl (C=O) groups is 2. The quantitative estimate of drug-likeness (QED) is 0.583. The normalized spacial score (nSPS) is 15.0. The molecule has 1 unspecified atom stereocenters. The van der Waals surface area contributed by atoms with E-state index in [0.29, 0.717) is 35.9 Å². The third-order valence-electron chi connectivity index (χ3n) is 5.69. The van der Waals surface area contributed by atoms with Crippen LogP contribution in [0.5, 0.6) is 0 Å². The average Bonchev–Trinajstić information content (AvgIpc) is 3.41. The van der Waals surface area contributed by atoms with E-state index < -0.39 is 6.04 Å². The molecule has 4 rings (SSSR count). The smallest absolute Gasteiger partial charge is 0.268 e. The molecule has 0 saturated carbocycles. The van der Waals surface area contributed by atoms with Gasteiger partial charge in [-0.25, -0.2) is 4.68 Å². The molecule has 3 aromatic rings. The molecule has 0 saturated heterocycles. The van der Waals surface area contributed by atoms with Gasteiger partial charge in [0.1, 0.15) is 5.69 Å². The Hall–Kier alpha value is -3.53. The molecule has 2 N–H and O–H groups in total. The number of aromatic nitrogens is 5. The first-order chi connectivity index (χ1) is 15.5. The molecular formula is C22H27N7O3. The number of aryl methyl sites for hydroxylation is 1. The minimum atomic E-state index is -0.395. The van der Waals surface area contributed by atoms with Gasteiger partial charge in [0.25, 0.3) is 11.8 Å². The van der Waals surface area contributed by atoms with Crippen LogP contribution in [0, 0.1) is 0 Å². The molecular weight excluding hydrogens is 410 g/mol. The second-order valence-electron chi connectivity index (χ2n) is 7.79. The van der Waals surface area contributed by atoms with Crippen molar-refractivity contribution < 1.29 is 14.3 Å². The van der Waals surface area contributed by atoms with Gasteiger partial charge in [-0.3, -0.25) is 9.59 Å². The average molecular weight is 438 g/mol. The van der Waals surface area contributed by atoms with Crippen molar-refractivity contribution in [2.75, 3.05) is 6.61 Å². The predicted octanol–water partition coefficient (Wildman–Crippen LogP) is 1.91. The van der Waals surface area contributed by atoms with Gasteiger partial charge in [0, 0.05) is 13.6 Å². The fourth-order valence-electron chi connectivity index (χ4n) is 3.99. The van der Waals surface area contributed by atoms with Gasteiger partial charge in [0.05, 0.1) is 36.6 Å². The van der Waals surface area contributed by atoms with Crippen LogP contribution in [0.2, 0.25) is 0 Å². The fourth-order valence-corrected chi connectivity index (χ4v) is 3.99. The minimum Gasteiger partial charge on any atom is -0.373 e. The maximum absolute atomic E-state index is 13.2. The predicted molar refractivity (Wildman–Crippen MR) is 116 cm³/mol. The number of benzene rings is 1. The number of nitrogens with zero attached hydrogens (tertiary/aromatic N) is 5. The number of tetrazole rings is 1. The van der Waals surface area contributed by atoms with Crippen LogP contribution in [0.25, 0.3) is 0 Å². The largest absolute Gasteiger partial charge is 0.373 e. The molecule has 2 amide bonds. The standard InChI is InChI=1S/C22H27N7O3/c1-4-17(15-8-6-5-7-9-15)24-21(30)16-12-18(29-10-11-32-13-19(16)29)22(31)23-14(2)20-25-26-27-28(20)3/h5-9,12,14,17H,4,10-11,13H2,1-3H3,(H,23,31)(H,24,30)/t14?,17-/m1/s1. The molecule has 3 heterocycles. The maximum atomic E-state index is 13.2. The van der Waals surface area contributed by atoms with Crippen LogP contribution in [0.3, 0.4) is 0 Å². The SMILES string of the molecule is CC[C@@H](NC(=O)c1cc(C(=O)NC(C)c2nnnn2C)n2c1COCC2)c1ccccc1. The molecule has 2 atom stereocenters. The zero-order chi connectivity index (χ0) is 22.7. The Morgan fingerprint density at radius 3 is 2.66 bits per heavy atom. The molecule has 1 aromatic carbocycles. The van der Waals surface area contributed by atoms with E-state index in [2.05, 4.69) is 26.2 Å². The van der Waals surface area contributed by atoms with E-state index in [1.165, 1.54) is 4.68 Å². The second kappa shape index (κ2) is 9.31. The van der Waals surface area contributed by atoms with Gasteiger partial charge >= 0.3 is 0 Å². The molecule has 10 heteroatoms. The van der Waals surface area contributed by atoms with Crippen molar-refractivity contribution in [3.05, 3.63) is 64.7 Å². The van der Waals surface area contributed by atoms with Gasteiger partial charge in [-0.1, -0.05) is 37.3 Å². The summed E-state index contributed by atoms with van der Waals surface area (Å²) in [5.74, 6) is 0.0241. The first-order valence-electron chi connectivity index (χ1n) is 10.7. The lowest BCUT2D eigenvalue weighted by Crippen LogP contribution is -2.31. The third kappa shape index (κ3) is 4.26. The molecule has 0 aliphatic carbocycles. The highest BCUT2D eigenvalue weighted by molar-refractivity contribution is 6.01. The van der Waals surface area contributed by atoms with Crippen molar-refractivity contribution in [3.63, 3.8) is 0 Å². The van der Waals surface area contributed by atoms with Gasteiger partial charge in [-0.2, -0.15) is 0 Å². The summed E-state index contributed by atoms with van der Waals surface area (Å²) in [4.78, 5) is 26.3. The summed E-state index contributed by atoms with van der Waals surface area (Å²) < 4.78 is 8.96. The Kier molecular flexibility index (Phi) is 6.31. The van der Waals surface area contributed by atoms with Gasteiger partial charge < -0.3 is 19.9 Å². The molecule has 1 aliphatic rings. The third-order valence-corrected chi connectivity index (χ3v) is 5.69. The highest BCUT2D eigenvalue weighted by atomic mass is 16.5. The second-order valence-corrected chi connectivity index (χ2v) is 7.79. The van der Waals surface area contributed by atoms with Crippen molar-refractivity contribution in [2.45, 2.75) is 45.5 Å². The summed E-state index contributed by atoms with van der Waals surface area (Å²) in [6.45, 7) is 5.10. The molecule has 0 radical (unpaired) electrons. The summed E-state index contributed by atoms with van der Waals surface area (Å²) >= 11 is 0. The van der Waals surface area contributed by atoms with Gasteiger partial charge in [-0.05, 0) is 35.4 Å². The zero-order valence-corrected chi connectivity index (χ0v) is 18.4. The van der Waals surface area contributed by atoms with Crippen LogP contribution >= 0.6 is 0 Å². The van der Waals surface area contributed by atoms with Crippen molar-refractivity contribution >= 4 is 11.8 Å². The van der Waals surface area contributed by atoms with Crippen LogP contribution in [0.1, 0.15) is 70.3 Å². The molecule has 1 aliphatic heterocycles. The summed E-state index contributed by atoms with van der Waals surface area (Å²) in [7, 11) is 1.72. The summed E-state index contributed by atoms with van der Waals surface area (Å²) in [6.07, 6.45) is 0.749. The van der Waals surface area contributed by atoms with Crippen LogP contribution in [0.15, 0.2) is 36.4 Å². The molecule has 10 nitrogen and oxygen atoms in total. The first-order valence-corrected chi connectivity index (χ1v) is 10.7. The summed E-state index contributed by atoms with van der Waals surface area (Å²) in [6, 6.07) is 11.0. The van der Waals surface area contributed by atoms with Crippen molar-refractivity contribution in [1.82, 2.24) is 35.4 Å². The number of carbonyl (C=O) groups excluding carboxylic acids is 2. The number of rotatable bonds is 7. The van der Waals surface area contributed by atoms with E-state index in [-0.39, 0.29) is 24.5 Å². The van der Waals surface area contributed by atoms with E-state index in [9.17, 15) is 9.59 Å². The molecule has 0 spiro atoms. The monoisotopic (exact) mass is 437 g/mol. The zero-order valence-electron chi connectivity index (χ0n) is 18.4. The van der Waals surface area contributed by atoms with Crippen molar-refractivity contribution in [3.8, 4) is 0 Å². The number of ether oxygens (including phenoxy) is 1. The van der Waals surface area contributed by atoms with Crippen molar-refractivity contribution in [1.29, 1.82) is 0 Å². The Labute approximate surface area is 185 Å². The van der Waals surface area contributed by atoms with E-state index >= 15 is 0 Å². The Morgan fingerprint density at radius 2 is 1.97 bits per heavy atom. The lowest BCUT2D eigenvalue weighted by molar-refractivity contribution is 0.0773. The Bertz CT molecular complexity index is 1110.